The number of carbonyl (C=O) groups is 1. The number of aliphatic hydroxyl groups excluding tert-OH is 2. The number of Topliss-reactive ketones (excluding diaryl/α,β-unsaturated/α-hetero) is 1. The summed E-state index contributed by atoms with van der Waals surface area (Å²) in [4.78, 5) is 28.7. The molecule has 0 amide bonds. The average Bonchev–Trinajstić information content (AvgIpc) is 2.72. The van der Waals surface area contributed by atoms with E-state index in [-0.39, 0.29) is 5.78 Å². The van der Waals surface area contributed by atoms with E-state index in [1.807, 2.05) is 0 Å². The molecule has 10 heteroatoms. The monoisotopic (exact) mass is 334 g/mol. The molecule has 1 aromatic heterocycles. The summed E-state index contributed by atoms with van der Waals surface area (Å²) in [6.07, 6.45) is -1.84. The Morgan fingerprint density at radius 2 is 2.09 bits per heavy atom. The van der Waals surface area contributed by atoms with Crippen LogP contribution in [-0.4, -0.2) is 50.7 Å². The first-order chi connectivity index (χ1) is 10.2. The predicted octanol–water partition coefficient (Wildman–Crippen LogP) is -1.09. The maximum absolute atomic E-state index is 11.4. The molecule has 0 aliphatic carbocycles. The Kier molecular flexibility index (Phi) is 5.08. The largest absolute Gasteiger partial charge is 0.469 e. The molecule has 1 aliphatic rings. The lowest BCUT2D eigenvalue weighted by Crippen LogP contribution is -2.46. The predicted molar refractivity (Wildman–Crippen MR) is 70.6 cm³/mol. The lowest BCUT2D eigenvalue weighted by Gasteiger charge is -2.13. The Labute approximate surface area is 126 Å². The van der Waals surface area contributed by atoms with E-state index >= 15 is 0 Å². The van der Waals surface area contributed by atoms with Crippen LogP contribution < -0.4 is 4.57 Å². The molecule has 1 fully saturated rings. The average molecular weight is 334 g/mol. The second-order valence-electron chi connectivity index (χ2n) is 4.93. The van der Waals surface area contributed by atoms with Crippen LogP contribution in [0.5, 0.6) is 0 Å². The zero-order valence-electron chi connectivity index (χ0n) is 11.6. The van der Waals surface area contributed by atoms with E-state index in [0.717, 1.165) is 0 Å². The minimum absolute atomic E-state index is 0.177. The third-order valence-corrected chi connectivity index (χ3v) is 3.75. The number of nitrogens with zero attached hydrogens (tertiary/aromatic N) is 1. The molecule has 4 atom stereocenters. The number of hydrogen-bond donors (Lipinski definition) is 4. The van der Waals surface area contributed by atoms with Crippen LogP contribution in [0.15, 0.2) is 24.5 Å². The Morgan fingerprint density at radius 3 is 2.68 bits per heavy atom. The number of carbonyl (C=O) groups excluding carboxylic acids is 1. The molecule has 4 unspecified atom stereocenters. The fourth-order valence-corrected chi connectivity index (χ4v) is 2.48. The van der Waals surface area contributed by atoms with Gasteiger partial charge in [0.25, 0.3) is 6.23 Å². The maximum Gasteiger partial charge on any atom is 0.469 e. The van der Waals surface area contributed by atoms with Crippen LogP contribution in [-0.2, 0) is 13.8 Å². The summed E-state index contributed by atoms with van der Waals surface area (Å²) in [5, 5.41) is 19.9. The van der Waals surface area contributed by atoms with Crippen molar-refractivity contribution >= 4 is 13.6 Å². The summed E-state index contributed by atoms with van der Waals surface area (Å²) in [5.41, 5.74) is 0.391. The van der Waals surface area contributed by atoms with E-state index in [2.05, 4.69) is 4.52 Å². The number of aromatic nitrogens is 1. The van der Waals surface area contributed by atoms with Crippen molar-refractivity contribution in [3.05, 3.63) is 30.1 Å². The lowest BCUT2D eigenvalue weighted by atomic mass is 10.1. The molecule has 9 nitrogen and oxygen atoms in total. The van der Waals surface area contributed by atoms with E-state index in [0.29, 0.717) is 5.56 Å². The highest BCUT2D eigenvalue weighted by Gasteiger charge is 2.48. The summed E-state index contributed by atoms with van der Waals surface area (Å²) in [5.74, 6) is -0.177. The van der Waals surface area contributed by atoms with Crippen molar-refractivity contribution in [3.63, 3.8) is 0 Å². The molecule has 0 radical (unpaired) electrons. The second kappa shape index (κ2) is 6.51. The third kappa shape index (κ3) is 3.96. The molecule has 0 saturated carbocycles. The number of pyridine rings is 1. The number of rotatable bonds is 5. The van der Waals surface area contributed by atoms with Gasteiger partial charge in [-0.2, -0.15) is 4.57 Å². The first kappa shape index (κ1) is 17.2. The van der Waals surface area contributed by atoms with E-state index in [1.54, 1.807) is 18.3 Å². The molecule has 122 valence electrons. The highest BCUT2D eigenvalue weighted by Crippen LogP contribution is 2.37. The number of ether oxygens (including phenoxy) is 1. The SMILES string of the molecule is CC(=O)c1ccc[n+](C2OC(COP(=O)(O)O)C(O)C2O)c1. The molecule has 0 spiro atoms. The summed E-state index contributed by atoms with van der Waals surface area (Å²) in [7, 11) is -4.70. The van der Waals surface area contributed by atoms with Gasteiger partial charge in [-0.25, -0.2) is 4.57 Å². The Bertz CT molecular complexity index is 603. The Morgan fingerprint density at radius 1 is 1.41 bits per heavy atom. The van der Waals surface area contributed by atoms with Crippen LogP contribution in [0.1, 0.15) is 23.5 Å². The standard InChI is InChI=1S/C12H16NO8P/c1-7(14)8-3-2-4-13(5-8)12-11(16)10(15)9(21-12)6-20-22(17,18)19/h2-5,9-12,15-16H,6H2,1H3,(H-,17,18,19)/p+1. The van der Waals surface area contributed by atoms with Crippen molar-refractivity contribution in [1.82, 2.24) is 0 Å². The summed E-state index contributed by atoms with van der Waals surface area (Å²) in [6, 6.07) is 3.17. The number of phosphoric ester groups is 1. The van der Waals surface area contributed by atoms with Gasteiger partial charge in [0.05, 0.1) is 12.2 Å². The van der Waals surface area contributed by atoms with Gasteiger partial charge >= 0.3 is 7.82 Å². The van der Waals surface area contributed by atoms with Crippen LogP contribution >= 0.6 is 7.82 Å². The van der Waals surface area contributed by atoms with Gasteiger partial charge in [-0.3, -0.25) is 9.32 Å². The zero-order valence-corrected chi connectivity index (χ0v) is 12.5. The molecule has 2 heterocycles. The molecule has 4 N–H and O–H groups in total. The van der Waals surface area contributed by atoms with E-state index in [9.17, 15) is 19.6 Å². The highest BCUT2D eigenvalue weighted by molar-refractivity contribution is 7.46. The van der Waals surface area contributed by atoms with Crippen LogP contribution in [0, 0.1) is 0 Å². The first-order valence-electron chi connectivity index (χ1n) is 6.42. The van der Waals surface area contributed by atoms with Crippen LogP contribution in [0.2, 0.25) is 0 Å². The second-order valence-corrected chi connectivity index (χ2v) is 6.17. The minimum atomic E-state index is -4.70. The van der Waals surface area contributed by atoms with E-state index in [1.165, 1.54) is 17.7 Å². The topological polar surface area (TPSA) is 137 Å². The molecule has 1 aromatic rings. The fourth-order valence-electron chi connectivity index (χ4n) is 2.14. The van der Waals surface area contributed by atoms with Crippen molar-refractivity contribution in [2.75, 3.05) is 6.61 Å². The molecule has 22 heavy (non-hydrogen) atoms. The van der Waals surface area contributed by atoms with Gasteiger partial charge in [0.1, 0.15) is 12.2 Å². The third-order valence-electron chi connectivity index (χ3n) is 3.27. The Hall–Kier alpha value is -1.19. The molecular formula is C12H17NO8P+. The van der Waals surface area contributed by atoms with Gasteiger partial charge in [0.2, 0.25) is 0 Å². The highest BCUT2D eigenvalue weighted by atomic mass is 31.2. The van der Waals surface area contributed by atoms with Crippen LogP contribution in [0.4, 0.5) is 0 Å². The van der Waals surface area contributed by atoms with Crippen molar-refractivity contribution in [1.29, 1.82) is 0 Å². The van der Waals surface area contributed by atoms with Crippen molar-refractivity contribution < 1.29 is 43.2 Å². The molecule has 0 aromatic carbocycles. The summed E-state index contributed by atoms with van der Waals surface area (Å²) >= 11 is 0. The number of ketones is 1. The van der Waals surface area contributed by atoms with Gasteiger partial charge < -0.3 is 24.7 Å². The van der Waals surface area contributed by atoms with E-state index < -0.39 is 39.0 Å². The molecule has 1 saturated heterocycles. The van der Waals surface area contributed by atoms with Crippen molar-refractivity contribution in [2.24, 2.45) is 0 Å². The minimum Gasteiger partial charge on any atom is -0.387 e. The molecular weight excluding hydrogens is 317 g/mol. The van der Waals surface area contributed by atoms with Gasteiger partial charge in [0.15, 0.2) is 24.3 Å². The first-order valence-corrected chi connectivity index (χ1v) is 7.95. The number of aliphatic hydroxyl groups is 2. The quantitative estimate of drug-likeness (QED) is 0.303. The smallest absolute Gasteiger partial charge is 0.387 e. The number of hydrogen-bond acceptors (Lipinski definition) is 6. The number of phosphoric acid groups is 1. The summed E-state index contributed by atoms with van der Waals surface area (Å²) < 4.78 is 21.8. The zero-order chi connectivity index (χ0) is 16.5. The van der Waals surface area contributed by atoms with Crippen LogP contribution in [0.25, 0.3) is 0 Å². The molecule has 0 bridgehead atoms. The fraction of sp³-hybridized carbons (Fsp3) is 0.500. The van der Waals surface area contributed by atoms with Gasteiger partial charge in [-0.15, -0.1) is 0 Å². The van der Waals surface area contributed by atoms with Gasteiger partial charge in [-0.1, -0.05) is 0 Å². The molecule has 1 aliphatic heterocycles. The lowest BCUT2D eigenvalue weighted by molar-refractivity contribution is -0.765. The molecule has 2 rings (SSSR count). The maximum atomic E-state index is 11.4. The van der Waals surface area contributed by atoms with Gasteiger partial charge in [-0.05, 0) is 13.0 Å². The van der Waals surface area contributed by atoms with Gasteiger partial charge in [0, 0.05) is 6.07 Å². The van der Waals surface area contributed by atoms with Crippen molar-refractivity contribution in [2.45, 2.75) is 31.5 Å². The van der Waals surface area contributed by atoms with Crippen molar-refractivity contribution in [3.8, 4) is 0 Å². The normalized spacial score (nSPS) is 28.8. The summed E-state index contributed by atoms with van der Waals surface area (Å²) in [6.45, 7) is 0.809. The Balaban J connectivity index is 2.14. The van der Waals surface area contributed by atoms with E-state index in [4.69, 9.17) is 14.5 Å². The van der Waals surface area contributed by atoms with Crippen LogP contribution in [0.3, 0.4) is 0 Å².